The highest BCUT2D eigenvalue weighted by Gasteiger charge is 2.27. The van der Waals surface area contributed by atoms with E-state index < -0.39 is 10.0 Å². The number of anilines is 1. The molecule has 1 saturated heterocycles. The van der Waals surface area contributed by atoms with Crippen molar-refractivity contribution >= 4 is 21.6 Å². The van der Waals surface area contributed by atoms with Gasteiger partial charge in [-0.1, -0.05) is 6.07 Å². The quantitative estimate of drug-likeness (QED) is 0.617. The summed E-state index contributed by atoms with van der Waals surface area (Å²) in [7, 11) is 2.24. The van der Waals surface area contributed by atoms with Crippen LogP contribution in [0.15, 0.2) is 35.2 Å². The summed E-state index contributed by atoms with van der Waals surface area (Å²) in [5.74, 6) is 1.36. The van der Waals surface area contributed by atoms with Gasteiger partial charge < -0.3 is 19.1 Å². The fourth-order valence-corrected chi connectivity index (χ4v) is 5.09. The van der Waals surface area contributed by atoms with E-state index in [0.29, 0.717) is 47.0 Å². The van der Waals surface area contributed by atoms with E-state index >= 15 is 0 Å². The van der Waals surface area contributed by atoms with Crippen molar-refractivity contribution in [2.75, 3.05) is 39.8 Å². The number of carbonyl (C=O) groups is 1. The zero-order chi connectivity index (χ0) is 22.8. The van der Waals surface area contributed by atoms with Crippen LogP contribution in [0.3, 0.4) is 0 Å². The number of carbonyl (C=O) groups excluding carboxylic acids is 1. The lowest BCUT2D eigenvalue weighted by atomic mass is 10.2. The summed E-state index contributed by atoms with van der Waals surface area (Å²) in [5.41, 5.74) is 1.91. The van der Waals surface area contributed by atoms with Gasteiger partial charge >= 0.3 is 0 Å². The van der Waals surface area contributed by atoms with Gasteiger partial charge in [0.15, 0.2) is 11.5 Å². The lowest BCUT2D eigenvalue weighted by Crippen LogP contribution is -2.28. The number of benzene rings is 2. The minimum Gasteiger partial charge on any atom is -0.493 e. The van der Waals surface area contributed by atoms with E-state index in [1.807, 2.05) is 0 Å². The Morgan fingerprint density at radius 3 is 2.19 bits per heavy atom. The number of ether oxygens (including phenoxy) is 3. The molecule has 1 heterocycles. The van der Waals surface area contributed by atoms with Crippen LogP contribution in [0, 0.1) is 6.92 Å². The first-order chi connectivity index (χ1) is 14.7. The van der Waals surface area contributed by atoms with Gasteiger partial charge in [-0.25, -0.2) is 8.42 Å². The number of methoxy groups -OCH3 is 3. The molecule has 8 nitrogen and oxygen atoms in total. The predicted octanol–water partition coefficient (Wildman–Crippen LogP) is 2.97. The van der Waals surface area contributed by atoms with Gasteiger partial charge in [-0.3, -0.25) is 4.79 Å². The standard InChI is InChI=1S/C22H28N2O6S/c1-15-8-9-17(24-10-6-7-21(24)25)13-20(15)31(26,27)23(2)14-16-11-18(28-3)22(30-5)19(12-16)29-4/h8-9,11-13H,6-7,10,14H2,1-5H3. The molecule has 0 spiro atoms. The number of rotatable bonds is 8. The highest BCUT2D eigenvalue weighted by molar-refractivity contribution is 7.89. The zero-order valence-corrected chi connectivity index (χ0v) is 19.3. The average Bonchev–Trinajstić information content (AvgIpc) is 3.18. The van der Waals surface area contributed by atoms with Gasteiger partial charge in [0.05, 0.1) is 26.2 Å². The summed E-state index contributed by atoms with van der Waals surface area (Å²) < 4.78 is 44.1. The Hall–Kier alpha value is -2.78. The normalized spacial score (nSPS) is 14.3. The van der Waals surface area contributed by atoms with Crippen LogP contribution in [0.4, 0.5) is 5.69 Å². The van der Waals surface area contributed by atoms with Crippen LogP contribution in [-0.2, 0) is 21.4 Å². The minimum atomic E-state index is -3.81. The van der Waals surface area contributed by atoms with Crippen LogP contribution in [0.1, 0.15) is 24.0 Å². The number of hydrogen-bond acceptors (Lipinski definition) is 6. The highest BCUT2D eigenvalue weighted by Crippen LogP contribution is 2.39. The van der Waals surface area contributed by atoms with Crippen LogP contribution in [-0.4, -0.2) is 53.6 Å². The zero-order valence-electron chi connectivity index (χ0n) is 18.5. The van der Waals surface area contributed by atoms with Crippen LogP contribution in [0.2, 0.25) is 0 Å². The van der Waals surface area contributed by atoms with E-state index in [9.17, 15) is 13.2 Å². The number of amides is 1. The molecule has 0 unspecified atom stereocenters. The van der Waals surface area contributed by atoms with Gasteiger partial charge in [-0.05, 0) is 48.7 Å². The van der Waals surface area contributed by atoms with Gasteiger partial charge in [-0.15, -0.1) is 0 Å². The van der Waals surface area contributed by atoms with Crippen LogP contribution < -0.4 is 19.1 Å². The molecule has 0 aliphatic carbocycles. The topological polar surface area (TPSA) is 85.4 Å². The molecule has 1 amide bonds. The second kappa shape index (κ2) is 9.15. The third-order valence-corrected chi connectivity index (χ3v) is 7.32. The van der Waals surface area contributed by atoms with Crippen LogP contribution in [0.5, 0.6) is 17.2 Å². The molecule has 1 aliphatic heterocycles. The van der Waals surface area contributed by atoms with Crippen LogP contribution in [0.25, 0.3) is 0 Å². The molecule has 0 aromatic heterocycles. The molecule has 0 saturated carbocycles. The molecule has 1 aliphatic rings. The molecule has 2 aromatic rings. The molecule has 31 heavy (non-hydrogen) atoms. The third-order valence-electron chi connectivity index (χ3n) is 5.37. The van der Waals surface area contributed by atoms with E-state index in [1.165, 1.54) is 32.7 Å². The van der Waals surface area contributed by atoms with E-state index in [-0.39, 0.29) is 17.3 Å². The first-order valence-electron chi connectivity index (χ1n) is 9.89. The SMILES string of the molecule is COc1cc(CN(C)S(=O)(=O)c2cc(N3CCCC3=O)ccc2C)cc(OC)c1OC. The van der Waals surface area contributed by atoms with Crippen molar-refractivity contribution in [3.8, 4) is 17.2 Å². The first kappa shape index (κ1) is 22.9. The molecular weight excluding hydrogens is 420 g/mol. The van der Waals surface area contributed by atoms with Crippen molar-refractivity contribution < 1.29 is 27.4 Å². The fourth-order valence-electron chi connectivity index (χ4n) is 3.69. The predicted molar refractivity (Wildman–Crippen MR) is 118 cm³/mol. The van der Waals surface area contributed by atoms with E-state index in [0.717, 1.165) is 6.42 Å². The second-order valence-electron chi connectivity index (χ2n) is 7.39. The average molecular weight is 449 g/mol. The van der Waals surface area contributed by atoms with Crippen molar-refractivity contribution in [2.45, 2.75) is 31.2 Å². The first-order valence-corrected chi connectivity index (χ1v) is 11.3. The highest BCUT2D eigenvalue weighted by atomic mass is 32.2. The summed E-state index contributed by atoms with van der Waals surface area (Å²) in [6.45, 7) is 2.45. The molecule has 0 bridgehead atoms. The smallest absolute Gasteiger partial charge is 0.243 e. The fraction of sp³-hybridized carbons (Fsp3) is 0.409. The summed E-state index contributed by atoms with van der Waals surface area (Å²) >= 11 is 0. The van der Waals surface area contributed by atoms with E-state index in [2.05, 4.69) is 0 Å². The summed E-state index contributed by atoms with van der Waals surface area (Å²) in [4.78, 5) is 13.9. The molecule has 2 aromatic carbocycles. The molecule has 168 valence electrons. The van der Waals surface area contributed by atoms with Crippen molar-refractivity contribution in [1.29, 1.82) is 0 Å². The number of aryl methyl sites for hydroxylation is 1. The Kier molecular flexibility index (Phi) is 6.76. The van der Waals surface area contributed by atoms with Crippen LogP contribution >= 0.6 is 0 Å². The lowest BCUT2D eigenvalue weighted by molar-refractivity contribution is -0.117. The Labute approximate surface area is 183 Å². The molecule has 0 N–H and O–H groups in total. The van der Waals surface area contributed by atoms with Gasteiger partial charge in [0.25, 0.3) is 0 Å². The van der Waals surface area contributed by atoms with E-state index in [4.69, 9.17) is 14.2 Å². The molecule has 0 radical (unpaired) electrons. The van der Waals surface area contributed by atoms with Gasteiger partial charge in [0.1, 0.15) is 0 Å². The van der Waals surface area contributed by atoms with Crippen molar-refractivity contribution in [2.24, 2.45) is 0 Å². The Balaban J connectivity index is 1.93. The molecule has 9 heteroatoms. The van der Waals surface area contributed by atoms with Gasteiger partial charge in [-0.2, -0.15) is 4.31 Å². The molecule has 0 atom stereocenters. The Morgan fingerprint density at radius 1 is 1.03 bits per heavy atom. The minimum absolute atomic E-state index is 0.0120. The number of sulfonamides is 1. The Morgan fingerprint density at radius 2 is 1.68 bits per heavy atom. The summed E-state index contributed by atoms with van der Waals surface area (Å²) in [6.07, 6.45) is 1.26. The molecule has 3 rings (SSSR count). The van der Waals surface area contributed by atoms with Crippen molar-refractivity contribution in [1.82, 2.24) is 4.31 Å². The number of nitrogens with zero attached hydrogens (tertiary/aromatic N) is 2. The largest absolute Gasteiger partial charge is 0.493 e. The molecule has 1 fully saturated rings. The third kappa shape index (κ3) is 4.47. The van der Waals surface area contributed by atoms with Crippen molar-refractivity contribution in [3.63, 3.8) is 0 Å². The Bertz CT molecular complexity index is 1060. The molecular formula is C22H28N2O6S. The summed E-state index contributed by atoms with van der Waals surface area (Å²) in [5, 5.41) is 0. The summed E-state index contributed by atoms with van der Waals surface area (Å²) in [6, 6.07) is 8.55. The van der Waals surface area contributed by atoms with E-state index in [1.54, 1.807) is 42.2 Å². The van der Waals surface area contributed by atoms with Gasteiger partial charge in [0.2, 0.25) is 21.7 Å². The van der Waals surface area contributed by atoms with Crippen molar-refractivity contribution in [3.05, 3.63) is 41.5 Å². The second-order valence-corrected chi connectivity index (χ2v) is 9.41. The maximum atomic E-state index is 13.4. The maximum Gasteiger partial charge on any atom is 0.243 e. The monoisotopic (exact) mass is 448 g/mol. The lowest BCUT2D eigenvalue weighted by Gasteiger charge is -2.22. The number of hydrogen-bond donors (Lipinski definition) is 0. The maximum absolute atomic E-state index is 13.4. The van der Waals surface area contributed by atoms with Gasteiger partial charge in [0, 0.05) is 32.2 Å².